The van der Waals surface area contributed by atoms with E-state index in [4.69, 9.17) is 0 Å². The summed E-state index contributed by atoms with van der Waals surface area (Å²) in [4.78, 5) is 11.2. The summed E-state index contributed by atoms with van der Waals surface area (Å²) in [5, 5.41) is 4.37. The Morgan fingerprint density at radius 3 is 3.00 bits per heavy atom. The van der Waals surface area contributed by atoms with Crippen molar-refractivity contribution in [3.05, 3.63) is 18.1 Å². The number of fused-ring (bicyclic) bond motifs is 1. The first-order valence-corrected chi connectivity index (χ1v) is 8.09. The van der Waals surface area contributed by atoms with Crippen LogP contribution in [-0.4, -0.2) is 32.2 Å². The average molecular weight is 287 g/mol. The van der Waals surface area contributed by atoms with Crippen LogP contribution < -0.4 is 4.90 Å². The summed E-state index contributed by atoms with van der Waals surface area (Å²) in [5.74, 6) is 2.63. The molecule has 1 saturated heterocycles. The van der Waals surface area contributed by atoms with Crippen molar-refractivity contribution in [3.8, 4) is 0 Å². The SMILES string of the molecule is Cc1cc(N2CCCC[C@H]2CCC(C)C)n2ncnc2n1. The normalized spacial score (nSPS) is 19.6. The summed E-state index contributed by atoms with van der Waals surface area (Å²) in [6.45, 7) is 7.76. The Labute approximate surface area is 126 Å². The molecule has 5 heteroatoms. The minimum absolute atomic E-state index is 0.621. The standard InChI is InChI=1S/C16H25N5/c1-12(2)7-8-14-6-4-5-9-20(14)15-10-13(3)19-16-17-11-18-21(15)16/h10-12,14H,4-9H2,1-3H3/t14-/m0/s1. The quantitative estimate of drug-likeness (QED) is 0.866. The van der Waals surface area contributed by atoms with Crippen LogP contribution in [0.2, 0.25) is 0 Å². The van der Waals surface area contributed by atoms with Crippen molar-refractivity contribution < 1.29 is 0 Å². The van der Waals surface area contributed by atoms with Gasteiger partial charge in [0.15, 0.2) is 0 Å². The molecule has 0 radical (unpaired) electrons. The van der Waals surface area contributed by atoms with E-state index in [-0.39, 0.29) is 0 Å². The fraction of sp³-hybridized carbons (Fsp3) is 0.688. The summed E-state index contributed by atoms with van der Waals surface area (Å²) in [5.41, 5.74) is 1.01. The molecule has 0 saturated carbocycles. The fourth-order valence-electron chi connectivity index (χ4n) is 3.24. The maximum absolute atomic E-state index is 4.45. The molecule has 0 aromatic carbocycles. The van der Waals surface area contributed by atoms with Crippen LogP contribution in [0.4, 0.5) is 5.82 Å². The molecule has 114 valence electrons. The highest BCUT2D eigenvalue weighted by Gasteiger charge is 2.25. The van der Waals surface area contributed by atoms with Gasteiger partial charge in [-0.3, -0.25) is 0 Å². The minimum Gasteiger partial charge on any atom is -0.353 e. The molecule has 0 unspecified atom stereocenters. The van der Waals surface area contributed by atoms with Gasteiger partial charge in [-0.15, -0.1) is 0 Å². The Bertz CT molecular complexity index is 604. The number of piperidine rings is 1. The number of hydrogen-bond acceptors (Lipinski definition) is 4. The maximum atomic E-state index is 4.45. The summed E-state index contributed by atoms with van der Waals surface area (Å²) < 4.78 is 1.89. The van der Waals surface area contributed by atoms with Gasteiger partial charge in [-0.05, 0) is 44.9 Å². The van der Waals surface area contributed by atoms with Gasteiger partial charge < -0.3 is 4.90 Å². The monoisotopic (exact) mass is 287 g/mol. The second-order valence-corrected chi connectivity index (χ2v) is 6.54. The summed E-state index contributed by atoms with van der Waals surface area (Å²) in [6, 6.07) is 2.77. The van der Waals surface area contributed by atoms with Crippen LogP contribution in [-0.2, 0) is 0 Å². The third-order valence-electron chi connectivity index (χ3n) is 4.36. The van der Waals surface area contributed by atoms with Crippen LogP contribution >= 0.6 is 0 Å². The lowest BCUT2D eigenvalue weighted by molar-refractivity contribution is 0.400. The summed E-state index contributed by atoms with van der Waals surface area (Å²) in [6.07, 6.45) is 8.02. The van der Waals surface area contributed by atoms with E-state index in [1.807, 2.05) is 11.4 Å². The van der Waals surface area contributed by atoms with Crippen LogP contribution in [0.1, 0.15) is 51.6 Å². The zero-order valence-corrected chi connectivity index (χ0v) is 13.3. The molecule has 1 atom stereocenters. The summed E-state index contributed by atoms with van der Waals surface area (Å²) >= 11 is 0. The van der Waals surface area contributed by atoms with Gasteiger partial charge in [-0.2, -0.15) is 14.6 Å². The second-order valence-electron chi connectivity index (χ2n) is 6.54. The number of aromatic nitrogens is 4. The van der Waals surface area contributed by atoms with Crippen molar-refractivity contribution in [1.82, 2.24) is 19.6 Å². The molecule has 5 nitrogen and oxygen atoms in total. The van der Waals surface area contributed by atoms with Crippen molar-refractivity contribution in [2.75, 3.05) is 11.4 Å². The molecule has 2 aromatic heterocycles. The van der Waals surface area contributed by atoms with Gasteiger partial charge in [0.1, 0.15) is 12.1 Å². The lowest BCUT2D eigenvalue weighted by Gasteiger charge is -2.37. The highest BCUT2D eigenvalue weighted by atomic mass is 15.4. The first kappa shape index (κ1) is 14.3. The van der Waals surface area contributed by atoms with E-state index in [0.29, 0.717) is 11.8 Å². The number of aryl methyl sites for hydroxylation is 1. The number of rotatable bonds is 4. The van der Waals surface area contributed by atoms with E-state index in [1.165, 1.54) is 32.1 Å². The van der Waals surface area contributed by atoms with Gasteiger partial charge >= 0.3 is 0 Å². The van der Waals surface area contributed by atoms with Gasteiger partial charge in [0.25, 0.3) is 5.78 Å². The molecule has 0 bridgehead atoms. The van der Waals surface area contributed by atoms with Crippen molar-refractivity contribution in [2.24, 2.45) is 5.92 Å². The lowest BCUT2D eigenvalue weighted by Crippen LogP contribution is -2.41. The fourth-order valence-corrected chi connectivity index (χ4v) is 3.24. The van der Waals surface area contributed by atoms with Crippen LogP contribution in [0.5, 0.6) is 0 Å². The van der Waals surface area contributed by atoms with Crippen LogP contribution in [0.3, 0.4) is 0 Å². The van der Waals surface area contributed by atoms with Crippen molar-refractivity contribution in [2.45, 2.75) is 58.9 Å². The smallest absolute Gasteiger partial charge is 0.254 e. The Balaban J connectivity index is 1.92. The van der Waals surface area contributed by atoms with E-state index < -0.39 is 0 Å². The highest BCUT2D eigenvalue weighted by molar-refractivity contribution is 5.48. The highest BCUT2D eigenvalue weighted by Crippen LogP contribution is 2.28. The number of anilines is 1. The summed E-state index contributed by atoms with van der Waals surface area (Å²) in [7, 11) is 0. The zero-order chi connectivity index (χ0) is 14.8. The van der Waals surface area contributed by atoms with Crippen LogP contribution in [0.15, 0.2) is 12.4 Å². The van der Waals surface area contributed by atoms with E-state index >= 15 is 0 Å². The minimum atomic E-state index is 0.621. The van der Waals surface area contributed by atoms with Gasteiger partial charge in [-0.25, -0.2) is 4.98 Å². The molecule has 3 heterocycles. The largest absolute Gasteiger partial charge is 0.353 e. The Hall–Kier alpha value is -1.65. The predicted octanol–water partition coefficient (Wildman–Crippen LogP) is 3.23. The van der Waals surface area contributed by atoms with E-state index in [0.717, 1.165) is 24.0 Å². The van der Waals surface area contributed by atoms with Gasteiger partial charge in [-0.1, -0.05) is 13.8 Å². The first-order chi connectivity index (χ1) is 10.1. The molecule has 3 rings (SSSR count). The predicted molar refractivity (Wildman–Crippen MR) is 84.6 cm³/mol. The molecule has 2 aromatic rings. The van der Waals surface area contributed by atoms with E-state index in [9.17, 15) is 0 Å². The van der Waals surface area contributed by atoms with Gasteiger partial charge in [0.05, 0.1) is 0 Å². The molecular formula is C16H25N5. The topological polar surface area (TPSA) is 46.3 Å². The molecule has 1 fully saturated rings. The van der Waals surface area contributed by atoms with Gasteiger partial charge in [0.2, 0.25) is 0 Å². The third kappa shape index (κ3) is 3.01. The Kier molecular flexibility index (Phi) is 4.08. The molecule has 0 N–H and O–H groups in total. The Morgan fingerprint density at radius 2 is 2.19 bits per heavy atom. The molecular weight excluding hydrogens is 262 g/mol. The second kappa shape index (κ2) is 6.00. The first-order valence-electron chi connectivity index (χ1n) is 8.09. The molecule has 0 amide bonds. The van der Waals surface area contributed by atoms with E-state index in [1.54, 1.807) is 6.33 Å². The van der Waals surface area contributed by atoms with Gasteiger partial charge in [0, 0.05) is 24.3 Å². The molecule has 0 aliphatic carbocycles. The molecule has 21 heavy (non-hydrogen) atoms. The maximum Gasteiger partial charge on any atom is 0.254 e. The average Bonchev–Trinajstić information content (AvgIpc) is 2.92. The van der Waals surface area contributed by atoms with Crippen molar-refractivity contribution in [1.29, 1.82) is 0 Å². The Morgan fingerprint density at radius 1 is 1.33 bits per heavy atom. The number of hydrogen-bond donors (Lipinski definition) is 0. The molecule has 1 aliphatic heterocycles. The van der Waals surface area contributed by atoms with Crippen molar-refractivity contribution >= 4 is 11.6 Å². The van der Waals surface area contributed by atoms with Crippen LogP contribution in [0.25, 0.3) is 5.78 Å². The zero-order valence-electron chi connectivity index (χ0n) is 13.3. The molecule has 0 spiro atoms. The number of nitrogens with zero attached hydrogens (tertiary/aromatic N) is 5. The molecule has 1 aliphatic rings. The van der Waals surface area contributed by atoms with Crippen molar-refractivity contribution in [3.63, 3.8) is 0 Å². The van der Waals surface area contributed by atoms with Crippen LogP contribution in [0, 0.1) is 12.8 Å². The van der Waals surface area contributed by atoms with E-state index in [2.05, 4.69) is 39.9 Å². The third-order valence-corrected chi connectivity index (χ3v) is 4.36. The lowest BCUT2D eigenvalue weighted by atomic mass is 9.95.